The van der Waals surface area contributed by atoms with Gasteiger partial charge in [-0.05, 0) is 37.1 Å². The summed E-state index contributed by atoms with van der Waals surface area (Å²) in [5.74, 6) is 0.509. The number of ether oxygens (including phenoxy) is 2. The maximum atomic E-state index is 12.5. The van der Waals surface area contributed by atoms with Gasteiger partial charge in [0.25, 0.3) is 5.56 Å². The van der Waals surface area contributed by atoms with Crippen molar-refractivity contribution >= 4 is 22.5 Å². The minimum Gasteiger partial charge on any atom is -0.491 e. The van der Waals surface area contributed by atoms with Gasteiger partial charge < -0.3 is 14.8 Å². The molecule has 1 aliphatic heterocycles. The van der Waals surface area contributed by atoms with Crippen LogP contribution in [0.3, 0.4) is 0 Å². The molecule has 29 heavy (non-hydrogen) atoms. The van der Waals surface area contributed by atoms with Crippen LogP contribution in [0, 0.1) is 0 Å². The summed E-state index contributed by atoms with van der Waals surface area (Å²) in [5, 5.41) is 3.40. The monoisotopic (exact) mass is 393 g/mol. The molecule has 2 heterocycles. The number of carbonyl (C=O) groups excluding carboxylic acids is 1. The zero-order valence-corrected chi connectivity index (χ0v) is 16.0. The van der Waals surface area contributed by atoms with Crippen molar-refractivity contribution in [2.75, 3.05) is 18.5 Å². The Morgan fingerprint density at radius 3 is 3.00 bits per heavy atom. The summed E-state index contributed by atoms with van der Waals surface area (Å²) in [4.78, 5) is 29.1. The first-order chi connectivity index (χ1) is 14.2. The van der Waals surface area contributed by atoms with Crippen molar-refractivity contribution in [3.05, 3.63) is 65.2 Å². The van der Waals surface area contributed by atoms with E-state index in [1.807, 2.05) is 18.2 Å². The fourth-order valence-electron chi connectivity index (χ4n) is 3.34. The van der Waals surface area contributed by atoms with E-state index in [9.17, 15) is 9.59 Å². The van der Waals surface area contributed by atoms with E-state index in [4.69, 9.17) is 9.47 Å². The van der Waals surface area contributed by atoms with Gasteiger partial charge in [0.2, 0.25) is 5.91 Å². The molecule has 2 aromatic carbocycles. The molecule has 0 spiro atoms. The molecule has 1 fully saturated rings. The molecular weight excluding hydrogens is 370 g/mol. The van der Waals surface area contributed by atoms with Crippen LogP contribution in [0.2, 0.25) is 0 Å². The highest BCUT2D eigenvalue weighted by molar-refractivity contribution is 5.90. The van der Waals surface area contributed by atoms with Crippen LogP contribution >= 0.6 is 0 Å². The molecule has 7 heteroatoms. The number of para-hydroxylation sites is 1. The van der Waals surface area contributed by atoms with E-state index in [0.717, 1.165) is 19.4 Å². The summed E-state index contributed by atoms with van der Waals surface area (Å²) in [6.45, 7) is 1.56. The number of nitrogens with one attached hydrogen (secondary N) is 1. The van der Waals surface area contributed by atoms with Gasteiger partial charge in [-0.15, -0.1) is 0 Å². The molecule has 1 atom stereocenters. The second kappa shape index (κ2) is 8.87. The summed E-state index contributed by atoms with van der Waals surface area (Å²) in [5.41, 5.74) is 1.16. The minimum atomic E-state index is -0.179. The number of aromatic nitrogens is 2. The van der Waals surface area contributed by atoms with Crippen LogP contribution in [0.25, 0.3) is 10.9 Å². The van der Waals surface area contributed by atoms with Crippen LogP contribution in [0.15, 0.2) is 59.7 Å². The van der Waals surface area contributed by atoms with E-state index in [1.165, 1.54) is 10.9 Å². The Kier molecular flexibility index (Phi) is 5.86. The molecule has 0 radical (unpaired) electrons. The summed E-state index contributed by atoms with van der Waals surface area (Å²) >= 11 is 0. The average molecular weight is 393 g/mol. The number of nitrogens with zero attached hydrogens (tertiary/aromatic N) is 2. The molecular formula is C22H23N3O4. The van der Waals surface area contributed by atoms with E-state index < -0.39 is 0 Å². The highest BCUT2D eigenvalue weighted by atomic mass is 16.5. The summed E-state index contributed by atoms with van der Waals surface area (Å²) < 4.78 is 12.8. The zero-order chi connectivity index (χ0) is 20.1. The molecule has 7 nitrogen and oxygen atoms in total. The molecule has 1 N–H and O–H groups in total. The van der Waals surface area contributed by atoms with Gasteiger partial charge in [-0.3, -0.25) is 14.2 Å². The minimum absolute atomic E-state index is 0.141. The lowest BCUT2D eigenvalue weighted by atomic mass is 10.2. The lowest BCUT2D eigenvalue weighted by molar-refractivity contribution is -0.116. The molecule has 1 unspecified atom stereocenters. The normalized spacial score (nSPS) is 16.1. The topological polar surface area (TPSA) is 82.5 Å². The van der Waals surface area contributed by atoms with E-state index in [0.29, 0.717) is 28.9 Å². The first-order valence-corrected chi connectivity index (χ1v) is 9.77. The highest BCUT2D eigenvalue weighted by Crippen LogP contribution is 2.20. The van der Waals surface area contributed by atoms with E-state index in [2.05, 4.69) is 10.3 Å². The van der Waals surface area contributed by atoms with Crippen molar-refractivity contribution in [1.82, 2.24) is 9.55 Å². The van der Waals surface area contributed by atoms with Gasteiger partial charge in [0.1, 0.15) is 12.4 Å². The molecule has 1 aliphatic rings. The van der Waals surface area contributed by atoms with Crippen molar-refractivity contribution in [2.24, 2.45) is 0 Å². The number of anilines is 1. The number of fused-ring (bicyclic) bond motifs is 1. The standard InChI is InChI=1S/C22H23N3O4/c26-21(10-11-25-15-23-20-9-2-1-8-19(20)22(25)27)24-16-5-3-6-17(13-16)29-14-18-7-4-12-28-18/h1-3,5-6,8-9,13,15,18H,4,7,10-12,14H2,(H,24,26). The predicted molar refractivity (Wildman–Crippen MR) is 110 cm³/mol. The number of rotatable bonds is 7. The van der Waals surface area contributed by atoms with Gasteiger partial charge in [-0.25, -0.2) is 4.98 Å². The Balaban J connectivity index is 1.33. The number of benzene rings is 2. The molecule has 1 amide bonds. The summed E-state index contributed by atoms with van der Waals surface area (Å²) in [6.07, 6.45) is 3.87. The van der Waals surface area contributed by atoms with Crippen LogP contribution in [-0.2, 0) is 16.1 Å². The van der Waals surface area contributed by atoms with Gasteiger partial charge in [-0.2, -0.15) is 0 Å². The van der Waals surface area contributed by atoms with Crippen molar-refractivity contribution in [3.8, 4) is 5.75 Å². The third-order valence-corrected chi connectivity index (χ3v) is 4.89. The number of carbonyl (C=O) groups is 1. The maximum absolute atomic E-state index is 12.5. The Morgan fingerprint density at radius 2 is 2.14 bits per heavy atom. The second-order valence-electron chi connectivity index (χ2n) is 7.03. The van der Waals surface area contributed by atoms with Gasteiger partial charge >= 0.3 is 0 Å². The zero-order valence-electron chi connectivity index (χ0n) is 16.0. The average Bonchev–Trinajstić information content (AvgIpc) is 3.26. The Bertz CT molecular complexity index is 1060. The molecule has 1 aromatic heterocycles. The van der Waals surface area contributed by atoms with Gasteiger partial charge in [-0.1, -0.05) is 18.2 Å². The SMILES string of the molecule is O=C(CCn1cnc2ccccc2c1=O)Nc1cccc(OCC2CCCO2)c1. The number of amides is 1. The van der Waals surface area contributed by atoms with E-state index in [-0.39, 0.29) is 30.5 Å². The molecule has 1 saturated heterocycles. The molecule has 0 saturated carbocycles. The Hall–Kier alpha value is -3.19. The molecule has 0 bridgehead atoms. The highest BCUT2D eigenvalue weighted by Gasteiger charge is 2.16. The van der Waals surface area contributed by atoms with Crippen molar-refractivity contribution in [3.63, 3.8) is 0 Å². The lowest BCUT2D eigenvalue weighted by Gasteiger charge is -2.13. The molecule has 0 aliphatic carbocycles. The van der Waals surface area contributed by atoms with Crippen molar-refractivity contribution in [1.29, 1.82) is 0 Å². The first kappa shape index (κ1) is 19.1. The van der Waals surface area contributed by atoms with E-state index in [1.54, 1.807) is 30.3 Å². The van der Waals surface area contributed by atoms with E-state index >= 15 is 0 Å². The predicted octanol–water partition coefficient (Wildman–Crippen LogP) is 2.98. The number of hydrogen-bond donors (Lipinski definition) is 1. The summed E-state index contributed by atoms with van der Waals surface area (Å²) in [6, 6.07) is 14.5. The third-order valence-electron chi connectivity index (χ3n) is 4.89. The van der Waals surface area contributed by atoms with Crippen LogP contribution < -0.4 is 15.6 Å². The van der Waals surface area contributed by atoms with Crippen LogP contribution in [0.1, 0.15) is 19.3 Å². The van der Waals surface area contributed by atoms with Gasteiger partial charge in [0.15, 0.2) is 0 Å². The largest absolute Gasteiger partial charge is 0.491 e. The second-order valence-corrected chi connectivity index (χ2v) is 7.03. The van der Waals surface area contributed by atoms with Crippen LogP contribution in [-0.4, -0.2) is 34.8 Å². The quantitative estimate of drug-likeness (QED) is 0.667. The first-order valence-electron chi connectivity index (χ1n) is 9.77. The lowest BCUT2D eigenvalue weighted by Crippen LogP contribution is -2.23. The van der Waals surface area contributed by atoms with Gasteiger partial charge in [0.05, 0.1) is 23.3 Å². The third kappa shape index (κ3) is 4.81. The fraction of sp³-hybridized carbons (Fsp3) is 0.318. The fourth-order valence-corrected chi connectivity index (χ4v) is 3.34. The Morgan fingerprint density at radius 1 is 1.24 bits per heavy atom. The van der Waals surface area contributed by atoms with Gasteiger partial charge in [0, 0.05) is 31.3 Å². The smallest absolute Gasteiger partial charge is 0.261 e. The number of aryl methyl sites for hydroxylation is 1. The number of hydrogen-bond acceptors (Lipinski definition) is 5. The summed E-state index contributed by atoms with van der Waals surface area (Å²) in [7, 11) is 0. The van der Waals surface area contributed by atoms with Crippen LogP contribution in [0.4, 0.5) is 5.69 Å². The molecule has 3 aromatic rings. The maximum Gasteiger partial charge on any atom is 0.261 e. The van der Waals surface area contributed by atoms with Crippen LogP contribution in [0.5, 0.6) is 5.75 Å². The van der Waals surface area contributed by atoms with Crippen molar-refractivity contribution in [2.45, 2.75) is 31.9 Å². The molecule has 4 rings (SSSR count). The Labute approximate surface area is 168 Å². The van der Waals surface area contributed by atoms with Crippen molar-refractivity contribution < 1.29 is 14.3 Å². The molecule has 150 valence electrons.